The third-order valence-electron chi connectivity index (χ3n) is 3.94. The first-order valence-electron chi connectivity index (χ1n) is 7.28. The second-order valence-electron chi connectivity index (χ2n) is 5.49. The van der Waals surface area contributed by atoms with E-state index in [4.69, 9.17) is 14.6 Å². The number of aliphatic carboxylic acids is 1. The number of piperidine rings is 1. The van der Waals surface area contributed by atoms with Crippen molar-refractivity contribution in [2.45, 2.75) is 25.8 Å². The number of likely N-dealkylation sites (tertiary alicyclic amines) is 1. The van der Waals surface area contributed by atoms with E-state index in [1.165, 1.54) is 0 Å². The summed E-state index contributed by atoms with van der Waals surface area (Å²) in [6.07, 6.45) is 2.30. The summed E-state index contributed by atoms with van der Waals surface area (Å²) < 4.78 is 10.8. The van der Waals surface area contributed by atoms with Gasteiger partial charge in [-0.2, -0.15) is 0 Å². The molecule has 21 heavy (non-hydrogen) atoms. The predicted molar refractivity (Wildman–Crippen MR) is 79.8 cm³/mol. The van der Waals surface area contributed by atoms with Crippen LogP contribution in [0.25, 0.3) is 0 Å². The number of para-hydroxylation sites is 1. The Morgan fingerprint density at radius 3 is 2.86 bits per heavy atom. The van der Waals surface area contributed by atoms with Gasteiger partial charge in [-0.15, -0.1) is 0 Å². The topological polar surface area (TPSA) is 59.0 Å². The van der Waals surface area contributed by atoms with E-state index >= 15 is 0 Å². The molecule has 0 radical (unpaired) electrons. The lowest BCUT2D eigenvalue weighted by Gasteiger charge is -2.32. The van der Waals surface area contributed by atoms with E-state index in [0.29, 0.717) is 0 Å². The molecule has 1 aromatic rings. The van der Waals surface area contributed by atoms with Crippen molar-refractivity contribution in [3.63, 3.8) is 0 Å². The number of methoxy groups -OCH3 is 2. The molecule has 5 heteroatoms. The zero-order chi connectivity index (χ0) is 15.2. The zero-order valence-corrected chi connectivity index (χ0v) is 12.7. The predicted octanol–water partition coefficient (Wildman–Crippen LogP) is 2.39. The van der Waals surface area contributed by atoms with Gasteiger partial charge in [-0.25, -0.2) is 0 Å². The summed E-state index contributed by atoms with van der Waals surface area (Å²) in [5.74, 6) is 1.03. The lowest BCUT2D eigenvalue weighted by Crippen LogP contribution is -2.35. The number of carboxylic acid groups (broad SMARTS) is 1. The molecular formula is C16H23NO4. The van der Waals surface area contributed by atoms with Crippen molar-refractivity contribution in [3.8, 4) is 11.5 Å². The first kappa shape index (κ1) is 15.6. The molecule has 0 spiro atoms. The molecule has 1 aliphatic heterocycles. The summed E-state index contributed by atoms with van der Waals surface area (Å²) in [6, 6.07) is 5.86. The lowest BCUT2D eigenvalue weighted by atomic mass is 9.94. The number of benzene rings is 1. The molecule has 1 atom stereocenters. The van der Waals surface area contributed by atoms with Crippen molar-refractivity contribution in [1.82, 2.24) is 4.90 Å². The van der Waals surface area contributed by atoms with E-state index in [1.54, 1.807) is 14.2 Å². The Balaban J connectivity index is 2.05. The van der Waals surface area contributed by atoms with Gasteiger partial charge in [0.15, 0.2) is 11.5 Å². The van der Waals surface area contributed by atoms with Crippen molar-refractivity contribution in [2.24, 2.45) is 5.92 Å². The van der Waals surface area contributed by atoms with E-state index in [1.807, 2.05) is 18.2 Å². The van der Waals surface area contributed by atoms with Crippen LogP contribution in [-0.2, 0) is 11.3 Å². The Morgan fingerprint density at radius 1 is 1.38 bits per heavy atom. The molecule has 2 rings (SSSR count). The van der Waals surface area contributed by atoms with E-state index < -0.39 is 5.97 Å². The maximum Gasteiger partial charge on any atom is 0.303 e. The normalized spacial score (nSPS) is 19.2. The number of nitrogens with zero attached hydrogens (tertiary/aromatic N) is 1. The van der Waals surface area contributed by atoms with Crippen LogP contribution in [-0.4, -0.2) is 43.3 Å². The van der Waals surface area contributed by atoms with Gasteiger partial charge in [0.25, 0.3) is 0 Å². The summed E-state index contributed by atoms with van der Waals surface area (Å²) in [7, 11) is 3.27. The van der Waals surface area contributed by atoms with Gasteiger partial charge < -0.3 is 14.6 Å². The SMILES string of the molecule is COc1cccc(CN2CCCC(CC(=O)O)C2)c1OC. The average Bonchev–Trinajstić information content (AvgIpc) is 2.46. The van der Waals surface area contributed by atoms with Gasteiger partial charge in [0.1, 0.15) is 0 Å². The molecule has 0 aliphatic carbocycles. The minimum atomic E-state index is -0.708. The third kappa shape index (κ3) is 4.11. The summed E-state index contributed by atoms with van der Waals surface area (Å²) >= 11 is 0. The molecule has 1 aliphatic rings. The van der Waals surface area contributed by atoms with E-state index in [-0.39, 0.29) is 12.3 Å². The molecule has 1 fully saturated rings. The highest BCUT2D eigenvalue weighted by Gasteiger charge is 2.23. The second-order valence-corrected chi connectivity index (χ2v) is 5.49. The van der Waals surface area contributed by atoms with Crippen molar-refractivity contribution < 1.29 is 19.4 Å². The fraction of sp³-hybridized carbons (Fsp3) is 0.562. The van der Waals surface area contributed by atoms with Crippen LogP contribution in [0.3, 0.4) is 0 Å². The minimum Gasteiger partial charge on any atom is -0.493 e. The first-order chi connectivity index (χ1) is 10.1. The molecule has 0 amide bonds. The maximum atomic E-state index is 10.9. The molecule has 1 aromatic carbocycles. The van der Waals surface area contributed by atoms with Crippen LogP contribution in [0.5, 0.6) is 11.5 Å². The molecule has 1 unspecified atom stereocenters. The van der Waals surface area contributed by atoms with E-state index in [0.717, 1.165) is 49.5 Å². The standard InChI is InChI=1S/C16H23NO4/c1-20-14-7-3-6-13(16(14)21-2)11-17-8-4-5-12(10-17)9-15(18)19/h3,6-7,12H,4-5,8-11H2,1-2H3,(H,18,19). The molecular weight excluding hydrogens is 270 g/mol. The molecule has 116 valence electrons. The number of carboxylic acids is 1. The van der Waals surface area contributed by atoms with Gasteiger partial charge in [-0.05, 0) is 31.4 Å². The number of hydrogen-bond donors (Lipinski definition) is 1. The van der Waals surface area contributed by atoms with Crippen LogP contribution in [0.15, 0.2) is 18.2 Å². The van der Waals surface area contributed by atoms with Crippen molar-refractivity contribution in [2.75, 3.05) is 27.3 Å². The van der Waals surface area contributed by atoms with Gasteiger partial charge in [-0.3, -0.25) is 9.69 Å². The quantitative estimate of drug-likeness (QED) is 0.872. The molecule has 0 aromatic heterocycles. The number of ether oxygens (including phenoxy) is 2. The zero-order valence-electron chi connectivity index (χ0n) is 12.7. The highest BCUT2D eigenvalue weighted by Crippen LogP contribution is 2.32. The molecule has 1 heterocycles. The summed E-state index contributed by atoms with van der Waals surface area (Å²) in [5, 5.41) is 8.94. The molecule has 0 bridgehead atoms. The highest BCUT2D eigenvalue weighted by molar-refractivity contribution is 5.67. The van der Waals surface area contributed by atoms with E-state index in [9.17, 15) is 4.79 Å². The maximum absolute atomic E-state index is 10.9. The summed E-state index contributed by atoms with van der Waals surface area (Å²) in [5.41, 5.74) is 1.08. The van der Waals surface area contributed by atoms with Crippen LogP contribution in [0.4, 0.5) is 0 Å². The Hall–Kier alpha value is -1.75. The molecule has 5 nitrogen and oxygen atoms in total. The minimum absolute atomic E-state index is 0.243. The summed E-state index contributed by atoms with van der Waals surface area (Å²) in [4.78, 5) is 13.2. The Labute approximate surface area is 125 Å². The van der Waals surface area contributed by atoms with Crippen LogP contribution in [0.1, 0.15) is 24.8 Å². The molecule has 1 saturated heterocycles. The fourth-order valence-corrected chi connectivity index (χ4v) is 3.03. The Kier molecular flexibility index (Phi) is 5.44. The number of carbonyl (C=O) groups is 1. The smallest absolute Gasteiger partial charge is 0.303 e. The van der Waals surface area contributed by atoms with Gasteiger partial charge >= 0.3 is 5.97 Å². The lowest BCUT2D eigenvalue weighted by molar-refractivity contribution is -0.138. The largest absolute Gasteiger partial charge is 0.493 e. The fourth-order valence-electron chi connectivity index (χ4n) is 3.03. The summed E-state index contributed by atoms with van der Waals surface area (Å²) in [6.45, 7) is 2.58. The van der Waals surface area contributed by atoms with Gasteiger partial charge in [0.05, 0.1) is 14.2 Å². The molecule has 1 N–H and O–H groups in total. The number of hydrogen-bond acceptors (Lipinski definition) is 4. The van der Waals surface area contributed by atoms with Crippen LogP contribution in [0, 0.1) is 5.92 Å². The van der Waals surface area contributed by atoms with Crippen molar-refractivity contribution in [1.29, 1.82) is 0 Å². The Bertz CT molecular complexity index is 489. The van der Waals surface area contributed by atoms with E-state index in [2.05, 4.69) is 4.90 Å². The van der Waals surface area contributed by atoms with Crippen LogP contribution < -0.4 is 9.47 Å². The first-order valence-corrected chi connectivity index (χ1v) is 7.28. The van der Waals surface area contributed by atoms with Crippen LogP contribution >= 0.6 is 0 Å². The highest BCUT2D eigenvalue weighted by atomic mass is 16.5. The van der Waals surface area contributed by atoms with Gasteiger partial charge in [0, 0.05) is 25.1 Å². The third-order valence-corrected chi connectivity index (χ3v) is 3.94. The van der Waals surface area contributed by atoms with Crippen molar-refractivity contribution in [3.05, 3.63) is 23.8 Å². The number of rotatable bonds is 6. The van der Waals surface area contributed by atoms with Crippen LogP contribution in [0.2, 0.25) is 0 Å². The average molecular weight is 293 g/mol. The molecule has 0 saturated carbocycles. The Morgan fingerprint density at radius 2 is 2.19 bits per heavy atom. The monoisotopic (exact) mass is 293 g/mol. The van der Waals surface area contributed by atoms with Crippen molar-refractivity contribution >= 4 is 5.97 Å². The van der Waals surface area contributed by atoms with Gasteiger partial charge in [-0.1, -0.05) is 12.1 Å². The second kappa shape index (κ2) is 7.31. The van der Waals surface area contributed by atoms with Gasteiger partial charge in [0.2, 0.25) is 0 Å².